The van der Waals surface area contributed by atoms with Crippen LogP contribution in [0.15, 0.2) is 71.3 Å². The molecule has 2 aromatic carbocycles. The topological polar surface area (TPSA) is 67.2 Å². The summed E-state index contributed by atoms with van der Waals surface area (Å²) < 4.78 is 5.22. The number of rotatable bonds is 4. The van der Waals surface area contributed by atoms with E-state index < -0.39 is 0 Å². The average molecular weight is 293 g/mol. The number of hydrogen-bond acceptors (Lipinski definition) is 3. The summed E-state index contributed by atoms with van der Waals surface area (Å²) >= 11 is 0. The van der Waals surface area contributed by atoms with Crippen molar-refractivity contribution < 1.29 is 9.32 Å². The molecule has 0 saturated heterocycles. The normalized spacial score (nSPS) is 10.2. The first-order chi connectivity index (χ1) is 10.8. The van der Waals surface area contributed by atoms with Crippen LogP contribution in [-0.2, 0) is 6.54 Å². The fourth-order valence-corrected chi connectivity index (χ4v) is 2.01. The van der Waals surface area contributed by atoms with E-state index in [9.17, 15) is 4.79 Å². The molecule has 0 spiro atoms. The number of anilines is 1. The predicted octanol–water partition coefficient (Wildman–Crippen LogP) is 3.66. The van der Waals surface area contributed by atoms with E-state index in [1.54, 1.807) is 6.07 Å². The highest BCUT2D eigenvalue weighted by atomic mass is 16.5. The molecule has 5 nitrogen and oxygen atoms in total. The summed E-state index contributed by atoms with van der Waals surface area (Å²) in [5.74, 6) is 0.989. The zero-order chi connectivity index (χ0) is 15.2. The van der Waals surface area contributed by atoms with Crippen molar-refractivity contribution in [2.45, 2.75) is 6.54 Å². The first-order valence-corrected chi connectivity index (χ1v) is 6.92. The minimum absolute atomic E-state index is 0.322. The largest absolute Gasteiger partial charge is 0.354 e. The zero-order valence-electron chi connectivity index (χ0n) is 11.8. The Morgan fingerprint density at radius 2 is 1.68 bits per heavy atom. The van der Waals surface area contributed by atoms with Gasteiger partial charge in [-0.2, -0.15) is 0 Å². The van der Waals surface area contributed by atoms with Gasteiger partial charge >= 0.3 is 6.03 Å². The molecule has 0 atom stereocenters. The molecular weight excluding hydrogens is 278 g/mol. The van der Waals surface area contributed by atoms with Crippen LogP contribution in [0, 0.1) is 0 Å². The smallest absolute Gasteiger partial charge is 0.320 e. The Kier molecular flexibility index (Phi) is 4.15. The molecule has 1 aromatic heterocycles. The number of nitrogens with one attached hydrogen (secondary N) is 2. The molecule has 5 heteroatoms. The molecule has 3 rings (SSSR count). The summed E-state index contributed by atoms with van der Waals surface area (Å²) in [6.07, 6.45) is 0. The quantitative estimate of drug-likeness (QED) is 0.771. The Hall–Kier alpha value is -3.08. The Morgan fingerprint density at radius 3 is 2.41 bits per heavy atom. The van der Waals surface area contributed by atoms with E-state index in [0.29, 0.717) is 18.1 Å². The van der Waals surface area contributed by atoms with Gasteiger partial charge in [-0.05, 0) is 5.56 Å². The molecule has 0 fully saturated rings. The third-order valence-corrected chi connectivity index (χ3v) is 3.11. The lowest BCUT2D eigenvalue weighted by atomic mass is 10.2. The lowest BCUT2D eigenvalue weighted by molar-refractivity contribution is 0.251. The molecule has 1 heterocycles. The summed E-state index contributed by atoms with van der Waals surface area (Å²) in [5.41, 5.74) is 1.94. The Labute approximate surface area is 128 Å². The lowest BCUT2D eigenvalue weighted by Gasteiger charge is -2.04. The summed E-state index contributed by atoms with van der Waals surface area (Å²) in [6, 6.07) is 20.6. The number of urea groups is 1. The van der Waals surface area contributed by atoms with Crippen LogP contribution in [-0.4, -0.2) is 11.2 Å². The van der Waals surface area contributed by atoms with Crippen LogP contribution in [0.25, 0.3) is 11.3 Å². The molecule has 2 amide bonds. The fourth-order valence-electron chi connectivity index (χ4n) is 2.01. The van der Waals surface area contributed by atoms with Crippen LogP contribution in [0.3, 0.4) is 0 Å². The molecule has 3 aromatic rings. The van der Waals surface area contributed by atoms with Crippen molar-refractivity contribution in [1.29, 1.82) is 0 Å². The second-order valence-corrected chi connectivity index (χ2v) is 4.74. The van der Waals surface area contributed by atoms with Crippen LogP contribution < -0.4 is 10.6 Å². The van der Waals surface area contributed by atoms with Gasteiger partial charge in [0, 0.05) is 18.2 Å². The number of carbonyl (C=O) groups is 1. The van der Waals surface area contributed by atoms with E-state index >= 15 is 0 Å². The van der Waals surface area contributed by atoms with Crippen LogP contribution in [0.4, 0.5) is 10.6 Å². The first kappa shape index (κ1) is 13.9. The molecule has 0 radical (unpaired) electrons. The molecule has 0 bridgehead atoms. The highest BCUT2D eigenvalue weighted by Gasteiger charge is 2.08. The first-order valence-electron chi connectivity index (χ1n) is 6.92. The monoisotopic (exact) mass is 293 g/mol. The van der Waals surface area contributed by atoms with Gasteiger partial charge in [0.2, 0.25) is 0 Å². The molecule has 22 heavy (non-hydrogen) atoms. The molecule has 110 valence electrons. The zero-order valence-corrected chi connectivity index (χ0v) is 11.8. The fraction of sp³-hybridized carbons (Fsp3) is 0.0588. The van der Waals surface area contributed by atoms with Crippen LogP contribution in [0.5, 0.6) is 0 Å². The number of benzene rings is 2. The van der Waals surface area contributed by atoms with E-state index in [4.69, 9.17) is 4.52 Å². The van der Waals surface area contributed by atoms with E-state index in [0.717, 1.165) is 11.1 Å². The maximum absolute atomic E-state index is 11.8. The third kappa shape index (κ3) is 3.52. The maximum atomic E-state index is 11.8. The number of hydrogen-bond donors (Lipinski definition) is 2. The maximum Gasteiger partial charge on any atom is 0.320 e. The van der Waals surface area contributed by atoms with Crippen LogP contribution >= 0.6 is 0 Å². The van der Waals surface area contributed by atoms with Crippen LogP contribution in [0.2, 0.25) is 0 Å². The van der Waals surface area contributed by atoms with Gasteiger partial charge < -0.3 is 9.84 Å². The molecular formula is C17H15N3O2. The molecule has 2 N–H and O–H groups in total. The second kappa shape index (κ2) is 6.58. The highest BCUT2D eigenvalue weighted by molar-refractivity contribution is 5.88. The molecule has 0 aliphatic heterocycles. The van der Waals surface area contributed by atoms with Crippen molar-refractivity contribution >= 4 is 11.8 Å². The number of nitrogens with zero attached hydrogens (tertiary/aromatic N) is 1. The van der Waals surface area contributed by atoms with Crippen molar-refractivity contribution in [2.75, 3.05) is 5.32 Å². The van der Waals surface area contributed by atoms with E-state index in [1.165, 1.54) is 0 Å². The number of aromatic nitrogens is 1. The summed E-state index contributed by atoms with van der Waals surface area (Å²) in [7, 11) is 0. The number of carbonyl (C=O) groups excluding carboxylic acids is 1. The van der Waals surface area contributed by atoms with Crippen molar-refractivity contribution in [2.24, 2.45) is 0 Å². The van der Waals surface area contributed by atoms with Crippen molar-refractivity contribution in [3.05, 3.63) is 72.3 Å². The minimum atomic E-state index is -0.322. The molecule has 0 aliphatic rings. The predicted molar refractivity (Wildman–Crippen MR) is 84.2 cm³/mol. The van der Waals surface area contributed by atoms with Gasteiger partial charge in [-0.15, -0.1) is 0 Å². The minimum Gasteiger partial charge on any atom is -0.354 e. The van der Waals surface area contributed by atoms with E-state index in [2.05, 4.69) is 15.8 Å². The van der Waals surface area contributed by atoms with Crippen molar-refractivity contribution in [1.82, 2.24) is 10.5 Å². The summed E-state index contributed by atoms with van der Waals surface area (Å²) in [4.78, 5) is 11.8. The Morgan fingerprint density at radius 1 is 1.00 bits per heavy atom. The van der Waals surface area contributed by atoms with Gasteiger partial charge in [0.15, 0.2) is 11.6 Å². The van der Waals surface area contributed by atoms with Gasteiger partial charge in [-0.3, -0.25) is 5.32 Å². The Balaban J connectivity index is 1.57. The van der Waals surface area contributed by atoms with Crippen molar-refractivity contribution in [3.8, 4) is 11.3 Å². The van der Waals surface area contributed by atoms with Crippen molar-refractivity contribution in [3.63, 3.8) is 0 Å². The molecule has 0 saturated carbocycles. The van der Waals surface area contributed by atoms with E-state index in [1.807, 2.05) is 60.7 Å². The SMILES string of the molecule is O=C(NCc1ccccc1)Nc1cc(-c2ccccc2)on1. The number of amides is 2. The van der Waals surface area contributed by atoms with E-state index in [-0.39, 0.29) is 6.03 Å². The second-order valence-electron chi connectivity index (χ2n) is 4.74. The summed E-state index contributed by atoms with van der Waals surface area (Å²) in [5, 5.41) is 9.25. The van der Waals surface area contributed by atoms with Gasteiger partial charge in [-0.25, -0.2) is 4.79 Å². The standard InChI is InChI=1S/C17H15N3O2/c21-17(18-12-13-7-3-1-4-8-13)19-16-11-15(22-20-16)14-9-5-2-6-10-14/h1-11H,12H2,(H2,18,19,20,21). The highest BCUT2D eigenvalue weighted by Crippen LogP contribution is 2.21. The van der Waals surface area contributed by atoms with Gasteiger partial charge in [-0.1, -0.05) is 65.8 Å². The summed E-state index contributed by atoms with van der Waals surface area (Å²) in [6.45, 7) is 0.454. The molecule has 0 aliphatic carbocycles. The average Bonchev–Trinajstić information content (AvgIpc) is 3.03. The Bertz CT molecular complexity index is 739. The van der Waals surface area contributed by atoms with Gasteiger partial charge in [0.1, 0.15) is 0 Å². The van der Waals surface area contributed by atoms with Gasteiger partial charge in [0.25, 0.3) is 0 Å². The third-order valence-electron chi connectivity index (χ3n) is 3.11. The van der Waals surface area contributed by atoms with Gasteiger partial charge in [0.05, 0.1) is 0 Å². The molecule has 0 unspecified atom stereocenters. The lowest BCUT2D eigenvalue weighted by Crippen LogP contribution is -2.28. The van der Waals surface area contributed by atoms with Crippen LogP contribution in [0.1, 0.15) is 5.56 Å².